The zero-order valence-corrected chi connectivity index (χ0v) is 16.4. The van der Waals surface area contributed by atoms with Crippen molar-refractivity contribution in [3.63, 3.8) is 0 Å². The molecule has 2 unspecified atom stereocenters. The molecule has 1 aliphatic rings. The van der Waals surface area contributed by atoms with E-state index in [1.54, 1.807) is 24.3 Å². The Kier molecular flexibility index (Phi) is 6.55. The van der Waals surface area contributed by atoms with Gasteiger partial charge in [0.25, 0.3) is 0 Å². The molecule has 1 aliphatic carbocycles. The van der Waals surface area contributed by atoms with Crippen LogP contribution >= 0.6 is 11.8 Å². The predicted molar refractivity (Wildman–Crippen MR) is 108 cm³/mol. The molecule has 7 heteroatoms. The number of carbonyl (C=O) groups is 1. The smallest absolute Gasteiger partial charge is 0.230 e. The number of phenolic OH excluding ortho intramolecular Hbond substituents is 1. The molecule has 3 rings (SSSR count). The molecule has 27 heavy (non-hydrogen) atoms. The van der Waals surface area contributed by atoms with Gasteiger partial charge >= 0.3 is 0 Å². The number of hydrogen-bond donors (Lipinski definition) is 2. The lowest BCUT2D eigenvalue weighted by atomic mass is 9.86. The van der Waals surface area contributed by atoms with Gasteiger partial charge in [0.1, 0.15) is 5.75 Å². The molecule has 1 saturated carbocycles. The van der Waals surface area contributed by atoms with Gasteiger partial charge in [-0.25, -0.2) is 0 Å². The molecule has 0 saturated heterocycles. The molecule has 1 aromatic heterocycles. The lowest BCUT2D eigenvalue weighted by Crippen LogP contribution is -2.41. The van der Waals surface area contributed by atoms with Crippen molar-refractivity contribution in [2.75, 3.05) is 5.75 Å². The monoisotopic (exact) mass is 386 g/mol. The van der Waals surface area contributed by atoms with Crippen LogP contribution < -0.4 is 5.32 Å². The molecule has 144 valence electrons. The number of nitrogens with zero attached hydrogens (tertiary/aromatic N) is 3. The van der Waals surface area contributed by atoms with Gasteiger partial charge in [-0.2, -0.15) is 0 Å². The van der Waals surface area contributed by atoms with Crippen LogP contribution in [0.4, 0.5) is 0 Å². The minimum Gasteiger partial charge on any atom is -0.507 e. The minimum atomic E-state index is 0.0241. The Balaban J connectivity index is 1.69. The summed E-state index contributed by atoms with van der Waals surface area (Å²) < 4.78 is 1.86. The van der Waals surface area contributed by atoms with Crippen LogP contribution in [-0.2, 0) is 11.3 Å². The first kappa shape index (κ1) is 19.5. The SMILES string of the molecule is C=CCn1c(SCC(=O)NC2CCCCC2C)nnc1-c1ccccc1O. The summed E-state index contributed by atoms with van der Waals surface area (Å²) in [5, 5.41) is 22.4. The third-order valence-corrected chi connectivity index (χ3v) is 5.93. The normalized spacial score (nSPS) is 19.6. The molecular formula is C20H26N4O2S. The Morgan fingerprint density at radius 3 is 2.89 bits per heavy atom. The molecule has 0 bridgehead atoms. The van der Waals surface area contributed by atoms with E-state index in [0.717, 1.165) is 6.42 Å². The first-order valence-corrected chi connectivity index (χ1v) is 10.3. The summed E-state index contributed by atoms with van der Waals surface area (Å²) in [5.74, 6) is 1.56. The maximum Gasteiger partial charge on any atom is 0.230 e. The minimum absolute atomic E-state index is 0.0241. The number of phenols is 1. The Morgan fingerprint density at radius 1 is 1.37 bits per heavy atom. The number of carbonyl (C=O) groups excluding carboxylic acids is 1. The van der Waals surface area contributed by atoms with Crippen LogP contribution in [0.2, 0.25) is 0 Å². The summed E-state index contributed by atoms with van der Waals surface area (Å²) in [6.45, 7) is 6.49. The van der Waals surface area contributed by atoms with Gasteiger partial charge in [0, 0.05) is 12.6 Å². The average molecular weight is 387 g/mol. The summed E-state index contributed by atoms with van der Waals surface area (Å²) in [6.07, 6.45) is 6.42. The fourth-order valence-corrected chi connectivity index (χ4v) is 4.22. The van der Waals surface area contributed by atoms with E-state index in [1.807, 2.05) is 10.6 Å². The molecule has 2 aromatic rings. The number of para-hydroxylation sites is 1. The van der Waals surface area contributed by atoms with Gasteiger partial charge in [-0.1, -0.05) is 49.7 Å². The molecule has 0 aliphatic heterocycles. The molecule has 2 N–H and O–H groups in total. The van der Waals surface area contributed by atoms with Crippen LogP contribution in [0, 0.1) is 5.92 Å². The van der Waals surface area contributed by atoms with Crippen molar-refractivity contribution < 1.29 is 9.90 Å². The van der Waals surface area contributed by atoms with Crippen molar-refractivity contribution >= 4 is 17.7 Å². The number of amides is 1. The molecule has 0 radical (unpaired) electrons. The summed E-state index contributed by atoms with van der Waals surface area (Å²) in [7, 11) is 0. The van der Waals surface area contributed by atoms with Crippen molar-refractivity contribution in [3.05, 3.63) is 36.9 Å². The van der Waals surface area contributed by atoms with Crippen LogP contribution in [0.1, 0.15) is 32.6 Å². The highest BCUT2D eigenvalue weighted by atomic mass is 32.2. The van der Waals surface area contributed by atoms with Crippen LogP contribution in [0.25, 0.3) is 11.4 Å². The highest BCUT2D eigenvalue weighted by Crippen LogP contribution is 2.30. The topological polar surface area (TPSA) is 80.0 Å². The molecule has 0 spiro atoms. The quantitative estimate of drug-likeness (QED) is 0.561. The Hall–Kier alpha value is -2.28. The van der Waals surface area contributed by atoms with Crippen LogP contribution in [-0.4, -0.2) is 37.6 Å². The van der Waals surface area contributed by atoms with E-state index in [0.29, 0.717) is 34.8 Å². The Morgan fingerprint density at radius 2 is 2.15 bits per heavy atom. The molecule has 1 amide bonds. The lowest BCUT2D eigenvalue weighted by molar-refractivity contribution is -0.119. The molecular weight excluding hydrogens is 360 g/mol. The van der Waals surface area contributed by atoms with Crippen LogP contribution in [0.3, 0.4) is 0 Å². The van der Waals surface area contributed by atoms with Gasteiger partial charge in [0.2, 0.25) is 5.91 Å². The van der Waals surface area contributed by atoms with E-state index < -0.39 is 0 Å². The summed E-state index contributed by atoms with van der Waals surface area (Å²) >= 11 is 1.35. The van der Waals surface area contributed by atoms with E-state index >= 15 is 0 Å². The largest absolute Gasteiger partial charge is 0.507 e. The average Bonchev–Trinajstić information content (AvgIpc) is 3.05. The van der Waals surface area contributed by atoms with Crippen LogP contribution in [0.5, 0.6) is 5.75 Å². The van der Waals surface area contributed by atoms with Gasteiger partial charge in [0.15, 0.2) is 11.0 Å². The fraction of sp³-hybridized carbons (Fsp3) is 0.450. The number of benzene rings is 1. The van der Waals surface area contributed by atoms with Crippen LogP contribution in [0.15, 0.2) is 42.1 Å². The highest BCUT2D eigenvalue weighted by molar-refractivity contribution is 7.99. The fourth-order valence-electron chi connectivity index (χ4n) is 3.46. The summed E-state index contributed by atoms with van der Waals surface area (Å²) in [4.78, 5) is 12.4. The van der Waals surface area contributed by atoms with Gasteiger partial charge in [0.05, 0.1) is 11.3 Å². The van der Waals surface area contributed by atoms with Gasteiger partial charge in [-0.15, -0.1) is 16.8 Å². The van der Waals surface area contributed by atoms with E-state index in [4.69, 9.17) is 0 Å². The van der Waals surface area contributed by atoms with E-state index in [2.05, 4.69) is 29.0 Å². The second-order valence-electron chi connectivity index (χ2n) is 6.95. The van der Waals surface area contributed by atoms with Crippen molar-refractivity contribution in [1.82, 2.24) is 20.1 Å². The maximum atomic E-state index is 12.4. The van der Waals surface area contributed by atoms with Gasteiger partial charge < -0.3 is 10.4 Å². The standard InChI is InChI=1S/C20H26N4O2S/c1-3-12-24-19(15-9-5-7-11-17(15)25)22-23-20(24)27-13-18(26)21-16-10-6-4-8-14(16)2/h3,5,7,9,11,14,16,25H,1,4,6,8,10,12-13H2,2H3,(H,21,26). The van der Waals surface area contributed by atoms with E-state index in [1.165, 1.54) is 31.0 Å². The van der Waals surface area contributed by atoms with E-state index in [-0.39, 0.29) is 17.7 Å². The van der Waals surface area contributed by atoms with Crippen molar-refractivity contribution in [2.24, 2.45) is 5.92 Å². The lowest BCUT2D eigenvalue weighted by Gasteiger charge is -2.29. The molecule has 1 fully saturated rings. The van der Waals surface area contributed by atoms with Crippen molar-refractivity contribution in [2.45, 2.75) is 50.4 Å². The third kappa shape index (κ3) is 4.71. The Bertz CT molecular complexity index is 805. The first-order chi connectivity index (χ1) is 13.1. The van der Waals surface area contributed by atoms with Gasteiger partial charge in [-0.05, 0) is 30.9 Å². The second-order valence-corrected chi connectivity index (χ2v) is 7.89. The predicted octanol–water partition coefficient (Wildman–Crippen LogP) is 3.62. The molecule has 6 nitrogen and oxygen atoms in total. The molecule has 1 heterocycles. The zero-order valence-electron chi connectivity index (χ0n) is 15.6. The Labute approximate surface area is 164 Å². The summed E-state index contributed by atoms with van der Waals surface area (Å²) in [6, 6.07) is 7.29. The number of nitrogens with one attached hydrogen (secondary N) is 1. The second kappa shape index (κ2) is 9.08. The zero-order chi connectivity index (χ0) is 19.2. The summed E-state index contributed by atoms with van der Waals surface area (Å²) in [5.41, 5.74) is 0.610. The third-order valence-electron chi connectivity index (χ3n) is 4.96. The van der Waals surface area contributed by atoms with Crippen molar-refractivity contribution in [1.29, 1.82) is 0 Å². The maximum absolute atomic E-state index is 12.4. The highest BCUT2D eigenvalue weighted by Gasteiger charge is 2.23. The molecule has 2 atom stereocenters. The van der Waals surface area contributed by atoms with Crippen molar-refractivity contribution in [3.8, 4) is 17.1 Å². The number of rotatable bonds is 7. The number of hydrogen-bond acceptors (Lipinski definition) is 5. The molecule has 1 aromatic carbocycles. The number of aromatic hydroxyl groups is 1. The number of thioether (sulfide) groups is 1. The van der Waals surface area contributed by atoms with E-state index in [9.17, 15) is 9.90 Å². The first-order valence-electron chi connectivity index (χ1n) is 9.34. The van der Waals surface area contributed by atoms with Gasteiger partial charge in [-0.3, -0.25) is 9.36 Å². The number of allylic oxidation sites excluding steroid dienone is 1. The number of aromatic nitrogens is 3.